The lowest BCUT2D eigenvalue weighted by molar-refractivity contribution is -0.384. The maximum absolute atomic E-state index is 11.1. The minimum absolute atomic E-state index is 0.00176. The number of benzene rings is 1. The molecule has 0 spiro atoms. The van der Waals surface area contributed by atoms with Crippen LogP contribution in [0.2, 0.25) is 0 Å². The first-order chi connectivity index (χ1) is 7.41. The van der Waals surface area contributed by atoms with Gasteiger partial charge in [-0.2, -0.15) is 0 Å². The van der Waals surface area contributed by atoms with Crippen molar-refractivity contribution >= 4 is 40.5 Å². The van der Waals surface area contributed by atoms with Crippen LogP contribution in [-0.2, 0) is 4.79 Å². The Kier molecular flexibility index (Phi) is 3.92. The highest BCUT2D eigenvalue weighted by atomic mass is 35.5. The van der Waals surface area contributed by atoms with Gasteiger partial charge >= 0.3 is 0 Å². The Bertz CT molecular complexity index is 436. The van der Waals surface area contributed by atoms with E-state index < -0.39 is 21.4 Å². The number of alkyl halides is 2. The summed E-state index contributed by atoms with van der Waals surface area (Å²) in [6.07, 6.45) is 0. The second kappa shape index (κ2) is 5.00. The second-order valence-electron chi connectivity index (χ2n) is 2.75. The highest BCUT2D eigenvalue weighted by molar-refractivity contribution is 6.54. The van der Waals surface area contributed by atoms with E-state index in [1.165, 1.54) is 6.07 Å². The highest BCUT2D eigenvalue weighted by Gasteiger charge is 2.15. The zero-order valence-electron chi connectivity index (χ0n) is 7.68. The summed E-state index contributed by atoms with van der Waals surface area (Å²) < 4.78 is 0. The minimum atomic E-state index is -1.28. The van der Waals surface area contributed by atoms with Gasteiger partial charge in [0, 0.05) is 6.07 Å². The van der Waals surface area contributed by atoms with Crippen LogP contribution in [0.15, 0.2) is 18.2 Å². The van der Waals surface area contributed by atoms with Gasteiger partial charge in [-0.3, -0.25) is 14.9 Å². The van der Waals surface area contributed by atoms with Gasteiger partial charge in [0.1, 0.15) is 5.75 Å². The lowest BCUT2D eigenvalue weighted by Crippen LogP contribution is -2.18. The van der Waals surface area contributed by atoms with E-state index in [0.717, 1.165) is 12.1 Å². The molecule has 1 aromatic rings. The van der Waals surface area contributed by atoms with Crippen LogP contribution >= 0.6 is 23.2 Å². The lowest BCUT2D eigenvalue weighted by Gasteiger charge is -2.06. The molecule has 0 aliphatic heterocycles. The number of phenols is 1. The Morgan fingerprint density at radius 2 is 2.12 bits per heavy atom. The van der Waals surface area contributed by atoms with Crippen molar-refractivity contribution in [3.05, 3.63) is 28.3 Å². The van der Waals surface area contributed by atoms with E-state index in [0.29, 0.717) is 0 Å². The molecule has 2 N–H and O–H groups in total. The number of aromatic hydroxyl groups is 1. The van der Waals surface area contributed by atoms with Crippen LogP contribution < -0.4 is 5.32 Å². The smallest absolute Gasteiger partial charge is 0.273 e. The Labute approximate surface area is 99.9 Å². The number of carbonyl (C=O) groups excluding carboxylic acids is 1. The Balaban J connectivity index is 2.91. The predicted octanol–water partition coefficient (Wildman–Crippen LogP) is 2.04. The summed E-state index contributed by atoms with van der Waals surface area (Å²) in [6.45, 7) is 0. The molecular weight excluding hydrogens is 259 g/mol. The van der Waals surface area contributed by atoms with Crippen molar-refractivity contribution in [1.29, 1.82) is 0 Å². The van der Waals surface area contributed by atoms with E-state index in [1.807, 2.05) is 0 Å². The zero-order chi connectivity index (χ0) is 12.3. The van der Waals surface area contributed by atoms with E-state index in [-0.39, 0.29) is 11.4 Å². The zero-order valence-corrected chi connectivity index (χ0v) is 9.20. The first-order valence-electron chi connectivity index (χ1n) is 3.98. The number of amides is 1. The number of nitrogens with zero attached hydrogens (tertiary/aromatic N) is 1. The molecule has 0 saturated carbocycles. The fourth-order valence-electron chi connectivity index (χ4n) is 0.927. The van der Waals surface area contributed by atoms with Crippen molar-refractivity contribution in [2.24, 2.45) is 0 Å². The van der Waals surface area contributed by atoms with Gasteiger partial charge in [-0.05, 0) is 6.07 Å². The number of nitro groups is 1. The summed E-state index contributed by atoms with van der Waals surface area (Å²) in [4.78, 5) is 19.5. The van der Waals surface area contributed by atoms with Crippen LogP contribution in [0.1, 0.15) is 0 Å². The summed E-state index contributed by atoms with van der Waals surface area (Å²) in [7, 11) is 0. The standard InChI is InChI=1S/C8H6Cl2N2O4/c9-7(10)8(14)11-5-2-1-4(12(15)16)3-6(5)13/h1-3,7,13H,(H,11,14). The topological polar surface area (TPSA) is 92.5 Å². The minimum Gasteiger partial charge on any atom is -0.506 e. The molecule has 0 radical (unpaired) electrons. The maximum Gasteiger partial charge on any atom is 0.273 e. The van der Waals surface area contributed by atoms with Crippen LogP contribution in [0.25, 0.3) is 0 Å². The first kappa shape index (κ1) is 12.5. The molecule has 0 aliphatic carbocycles. The third-order valence-corrected chi connectivity index (χ3v) is 2.04. The van der Waals surface area contributed by atoms with Gasteiger partial charge in [0.15, 0.2) is 4.84 Å². The number of anilines is 1. The number of phenolic OH excluding ortho intramolecular Hbond substituents is 1. The van der Waals surface area contributed by atoms with Crippen molar-refractivity contribution in [3.63, 3.8) is 0 Å². The summed E-state index contributed by atoms with van der Waals surface area (Å²) in [6, 6.07) is 3.22. The monoisotopic (exact) mass is 264 g/mol. The number of halogens is 2. The van der Waals surface area contributed by atoms with Crippen molar-refractivity contribution in [3.8, 4) is 5.75 Å². The van der Waals surface area contributed by atoms with Gasteiger partial charge in [-0.1, -0.05) is 23.2 Å². The van der Waals surface area contributed by atoms with Gasteiger partial charge in [-0.15, -0.1) is 0 Å². The number of hydrogen-bond donors (Lipinski definition) is 2. The Hall–Kier alpha value is -1.53. The molecule has 0 bridgehead atoms. The third-order valence-electron chi connectivity index (χ3n) is 1.65. The second-order valence-corrected chi connectivity index (χ2v) is 3.84. The van der Waals surface area contributed by atoms with Crippen LogP contribution in [0.5, 0.6) is 5.75 Å². The van der Waals surface area contributed by atoms with Gasteiger partial charge in [0.2, 0.25) is 0 Å². The van der Waals surface area contributed by atoms with Crippen LogP contribution in [0.3, 0.4) is 0 Å². The van der Waals surface area contributed by atoms with Crippen molar-refractivity contribution < 1.29 is 14.8 Å². The van der Waals surface area contributed by atoms with E-state index in [1.54, 1.807) is 0 Å². The van der Waals surface area contributed by atoms with E-state index in [2.05, 4.69) is 5.32 Å². The first-order valence-corrected chi connectivity index (χ1v) is 4.85. The molecule has 0 fully saturated rings. The predicted molar refractivity (Wildman–Crippen MR) is 58.9 cm³/mol. The Morgan fingerprint density at radius 1 is 1.50 bits per heavy atom. The summed E-state index contributed by atoms with van der Waals surface area (Å²) in [5.74, 6) is -1.16. The van der Waals surface area contributed by atoms with E-state index in [4.69, 9.17) is 23.2 Å². The Morgan fingerprint density at radius 3 is 2.56 bits per heavy atom. The van der Waals surface area contributed by atoms with Crippen molar-refractivity contribution in [2.45, 2.75) is 4.84 Å². The van der Waals surface area contributed by atoms with E-state index >= 15 is 0 Å². The molecule has 1 aromatic carbocycles. The molecule has 0 aromatic heterocycles. The molecule has 8 heteroatoms. The van der Waals surface area contributed by atoms with Gasteiger partial charge in [0.25, 0.3) is 11.6 Å². The fourth-order valence-corrected chi connectivity index (χ4v) is 1.04. The number of nitro benzene ring substituents is 1. The molecule has 0 atom stereocenters. The third kappa shape index (κ3) is 2.98. The largest absolute Gasteiger partial charge is 0.506 e. The molecule has 86 valence electrons. The van der Waals surface area contributed by atoms with Crippen molar-refractivity contribution in [1.82, 2.24) is 0 Å². The quantitative estimate of drug-likeness (QED) is 0.378. The average molecular weight is 265 g/mol. The van der Waals surface area contributed by atoms with Crippen molar-refractivity contribution in [2.75, 3.05) is 5.32 Å². The molecule has 0 aliphatic rings. The molecule has 1 amide bonds. The highest BCUT2D eigenvalue weighted by Crippen LogP contribution is 2.28. The fraction of sp³-hybridized carbons (Fsp3) is 0.125. The van der Waals surface area contributed by atoms with E-state index in [9.17, 15) is 20.0 Å². The van der Waals surface area contributed by atoms with Gasteiger partial charge in [0.05, 0.1) is 16.7 Å². The number of nitrogens with one attached hydrogen (secondary N) is 1. The van der Waals surface area contributed by atoms with Crippen LogP contribution in [0.4, 0.5) is 11.4 Å². The summed E-state index contributed by atoms with van der Waals surface area (Å²) in [5, 5.41) is 21.9. The molecule has 0 heterocycles. The SMILES string of the molecule is O=C(Nc1ccc([N+](=O)[O-])cc1O)C(Cl)Cl. The number of hydrogen-bond acceptors (Lipinski definition) is 4. The molecule has 0 unspecified atom stereocenters. The molecular formula is C8H6Cl2N2O4. The molecule has 6 nitrogen and oxygen atoms in total. The lowest BCUT2D eigenvalue weighted by atomic mass is 10.2. The number of carbonyl (C=O) groups is 1. The maximum atomic E-state index is 11.1. The average Bonchev–Trinajstić information content (AvgIpc) is 2.20. The molecule has 0 saturated heterocycles. The van der Waals surface area contributed by atoms with Gasteiger partial charge < -0.3 is 10.4 Å². The molecule has 16 heavy (non-hydrogen) atoms. The number of non-ortho nitro benzene ring substituents is 1. The van der Waals surface area contributed by atoms with Crippen LogP contribution in [0, 0.1) is 10.1 Å². The number of rotatable bonds is 3. The normalized spacial score (nSPS) is 10.2. The summed E-state index contributed by atoms with van der Waals surface area (Å²) in [5.41, 5.74) is -0.286. The molecule has 1 rings (SSSR count). The van der Waals surface area contributed by atoms with Gasteiger partial charge in [-0.25, -0.2) is 0 Å². The summed E-state index contributed by atoms with van der Waals surface area (Å²) >= 11 is 10.6. The van der Waals surface area contributed by atoms with Crippen LogP contribution in [-0.4, -0.2) is 20.8 Å².